The lowest BCUT2D eigenvalue weighted by Gasteiger charge is -2.40. The normalized spacial score (nSPS) is 19.6. The highest BCUT2D eigenvalue weighted by Crippen LogP contribution is 2.38. The second-order valence-corrected chi connectivity index (χ2v) is 10.1. The van der Waals surface area contributed by atoms with Crippen LogP contribution < -0.4 is 10.2 Å². The number of rotatable bonds is 9. The number of nitrogens with one attached hydrogen (secondary N) is 1. The van der Waals surface area contributed by atoms with Gasteiger partial charge in [0.1, 0.15) is 5.15 Å². The quantitative estimate of drug-likeness (QED) is 0.393. The van der Waals surface area contributed by atoms with Gasteiger partial charge in [-0.15, -0.1) is 0 Å². The summed E-state index contributed by atoms with van der Waals surface area (Å²) in [5.41, 5.74) is 4.03. The summed E-state index contributed by atoms with van der Waals surface area (Å²) < 4.78 is 0. The molecule has 1 aliphatic carbocycles. The molecule has 2 aromatic rings. The minimum absolute atomic E-state index is 0.0699. The number of carboxylic acids is 1. The van der Waals surface area contributed by atoms with E-state index in [1.54, 1.807) is 12.3 Å². The highest BCUT2D eigenvalue weighted by atomic mass is 35.5. The van der Waals surface area contributed by atoms with Crippen LogP contribution in [0.2, 0.25) is 5.15 Å². The number of aromatic nitrogens is 1. The van der Waals surface area contributed by atoms with Crippen molar-refractivity contribution < 1.29 is 9.90 Å². The van der Waals surface area contributed by atoms with Crippen molar-refractivity contribution in [1.82, 2.24) is 4.98 Å². The van der Waals surface area contributed by atoms with Crippen LogP contribution in [0, 0.1) is 11.8 Å². The molecule has 32 heavy (non-hydrogen) atoms. The van der Waals surface area contributed by atoms with Gasteiger partial charge in [-0.3, -0.25) is 4.79 Å². The van der Waals surface area contributed by atoms with Crippen molar-refractivity contribution in [2.24, 2.45) is 11.8 Å². The molecule has 2 N–H and O–H groups in total. The summed E-state index contributed by atoms with van der Waals surface area (Å²) in [7, 11) is 0. The van der Waals surface area contributed by atoms with Gasteiger partial charge in [-0.25, -0.2) is 4.98 Å². The fourth-order valence-electron chi connectivity index (χ4n) is 4.59. The summed E-state index contributed by atoms with van der Waals surface area (Å²) in [6.07, 6.45) is 6.76. The third-order valence-electron chi connectivity index (χ3n) is 6.37. The number of nitrogens with zero attached hydrogens (tertiary/aromatic N) is 2. The summed E-state index contributed by atoms with van der Waals surface area (Å²) >= 11 is 5.98. The van der Waals surface area contributed by atoms with Crippen LogP contribution in [-0.4, -0.2) is 28.6 Å². The molecule has 0 saturated heterocycles. The van der Waals surface area contributed by atoms with Crippen molar-refractivity contribution in [3.8, 4) is 0 Å². The predicted octanol–water partition coefficient (Wildman–Crippen LogP) is 7.10. The van der Waals surface area contributed by atoms with Crippen molar-refractivity contribution in [2.75, 3.05) is 16.8 Å². The molecule has 1 atom stereocenters. The van der Waals surface area contributed by atoms with Crippen LogP contribution in [-0.2, 0) is 4.79 Å². The molecule has 174 valence electrons. The Morgan fingerprint density at radius 2 is 1.91 bits per heavy atom. The van der Waals surface area contributed by atoms with E-state index in [-0.39, 0.29) is 12.3 Å². The molecule has 0 aliphatic heterocycles. The van der Waals surface area contributed by atoms with Gasteiger partial charge in [0.15, 0.2) is 0 Å². The predicted molar refractivity (Wildman–Crippen MR) is 133 cm³/mol. The largest absolute Gasteiger partial charge is 0.481 e. The zero-order valence-electron chi connectivity index (χ0n) is 19.6. The van der Waals surface area contributed by atoms with Crippen LogP contribution >= 0.6 is 11.6 Å². The maximum Gasteiger partial charge on any atom is 0.303 e. The highest BCUT2D eigenvalue weighted by molar-refractivity contribution is 6.29. The second-order valence-electron chi connectivity index (χ2n) is 9.73. The molecule has 1 heterocycles. The first-order valence-corrected chi connectivity index (χ1v) is 12.1. The SMILES string of the molecule is CC(C)CN(c1ccc(C(C)CC(=O)O)cc1Nc1ccc(Cl)nc1)C1CCC(C)CC1. The molecule has 3 rings (SSSR count). The topological polar surface area (TPSA) is 65.5 Å². The summed E-state index contributed by atoms with van der Waals surface area (Å²) in [5.74, 6) is 0.476. The molecule has 0 amide bonds. The monoisotopic (exact) mass is 457 g/mol. The second kappa shape index (κ2) is 11.0. The zero-order chi connectivity index (χ0) is 23.3. The lowest BCUT2D eigenvalue weighted by atomic mass is 9.86. The molecule has 1 aliphatic rings. The molecular weight excluding hydrogens is 422 g/mol. The molecule has 1 aromatic carbocycles. The fraction of sp³-hybridized carbons (Fsp3) is 0.538. The van der Waals surface area contributed by atoms with E-state index in [2.05, 4.69) is 54.2 Å². The molecule has 6 heteroatoms. The Kier molecular flexibility index (Phi) is 8.41. The van der Waals surface area contributed by atoms with E-state index < -0.39 is 5.97 Å². The van der Waals surface area contributed by atoms with Crippen LogP contribution in [0.1, 0.15) is 71.3 Å². The molecule has 1 aromatic heterocycles. The Balaban J connectivity index is 1.99. The van der Waals surface area contributed by atoms with Gasteiger partial charge in [-0.1, -0.05) is 45.4 Å². The maximum atomic E-state index is 11.3. The molecule has 0 bridgehead atoms. The molecule has 0 spiro atoms. The van der Waals surface area contributed by atoms with Gasteiger partial charge >= 0.3 is 5.97 Å². The van der Waals surface area contributed by atoms with Crippen LogP contribution in [0.5, 0.6) is 0 Å². The summed E-state index contributed by atoms with van der Waals surface area (Å²) in [4.78, 5) is 18.0. The minimum atomic E-state index is -0.782. The van der Waals surface area contributed by atoms with Crippen LogP contribution in [0.15, 0.2) is 36.5 Å². The van der Waals surface area contributed by atoms with Gasteiger partial charge in [0.25, 0.3) is 0 Å². The first-order valence-electron chi connectivity index (χ1n) is 11.7. The Labute approximate surface area is 197 Å². The number of pyridine rings is 1. The highest BCUT2D eigenvalue weighted by Gasteiger charge is 2.27. The Hall–Kier alpha value is -2.27. The van der Waals surface area contributed by atoms with E-state index in [0.29, 0.717) is 17.1 Å². The van der Waals surface area contributed by atoms with E-state index in [4.69, 9.17) is 11.6 Å². The van der Waals surface area contributed by atoms with Crippen molar-refractivity contribution in [3.63, 3.8) is 0 Å². The van der Waals surface area contributed by atoms with Gasteiger partial charge in [0.2, 0.25) is 0 Å². The van der Waals surface area contributed by atoms with Gasteiger partial charge < -0.3 is 15.3 Å². The van der Waals surface area contributed by atoms with Crippen molar-refractivity contribution in [1.29, 1.82) is 0 Å². The fourth-order valence-corrected chi connectivity index (χ4v) is 4.70. The number of carbonyl (C=O) groups is 1. The van der Waals surface area contributed by atoms with Crippen LogP contribution in [0.4, 0.5) is 17.1 Å². The molecule has 0 radical (unpaired) electrons. The summed E-state index contributed by atoms with van der Waals surface area (Å²) in [6, 6.07) is 10.6. The van der Waals surface area contributed by atoms with E-state index >= 15 is 0 Å². The Bertz CT molecular complexity index is 892. The number of benzene rings is 1. The maximum absolute atomic E-state index is 11.3. The third-order valence-corrected chi connectivity index (χ3v) is 6.60. The number of carboxylic acid groups (broad SMARTS) is 1. The average molecular weight is 458 g/mol. The third kappa shape index (κ3) is 6.61. The lowest BCUT2D eigenvalue weighted by Crippen LogP contribution is -2.40. The molecule has 5 nitrogen and oxygen atoms in total. The van der Waals surface area contributed by atoms with Crippen molar-refractivity contribution in [3.05, 3.63) is 47.2 Å². The molecule has 1 unspecified atom stereocenters. The van der Waals surface area contributed by atoms with E-state index in [0.717, 1.165) is 29.4 Å². The Morgan fingerprint density at radius 1 is 1.19 bits per heavy atom. The smallest absolute Gasteiger partial charge is 0.303 e. The Morgan fingerprint density at radius 3 is 2.50 bits per heavy atom. The van der Waals surface area contributed by atoms with E-state index in [1.165, 1.54) is 31.4 Å². The standard InChI is InChI=1S/C26H36ClN3O2/c1-17(2)16-30(22-9-5-18(3)6-10-22)24-11-7-20(19(4)13-26(31)32)14-23(24)29-21-8-12-25(27)28-15-21/h7-8,11-12,14-15,17-19,22,29H,5-6,9-10,13,16H2,1-4H3,(H,31,32). The minimum Gasteiger partial charge on any atom is -0.481 e. The summed E-state index contributed by atoms with van der Waals surface area (Å²) in [6.45, 7) is 9.82. The molecular formula is C26H36ClN3O2. The van der Waals surface area contributed by atoms with Gasteiger partial charge in [0.05, 0.1) is 29.7 Å². The van der Waals surface area contributed by atoms with Crippen molar-refractivity contribution in [2.45, 2.75) is 71.8 Å². The summed E-state index contributed by atoms with van der Waals surface area (Å²) in [5, 5.41) is 13.3. The van der Waals surface area contributed by atoms with Gasteiger partial charge in [-0.05, 0) is 73.3 Å². The number of halogens is 1. The first-order chi connectivity index (χ1) is 15.2. The number of anilines is 3. The molecule has 1 fully saturated rings. The first kappa shape index (κ1) is 24.4. The molecule has 1 saturated carbocycles. The average Bonchev–Trinajstić information content (AvgIpc) is 2.74. The zero-order valence-corrected chi connectivity index (χ0v) is 20.4. The van der Waals surface area contributed by atoms with E-state index in [1.807, 2.05) is 13.0 Å². The van der Waals surface area contributed by atoms with E-state index in [9.17, 15) is 9.90 Å². The number of hydrogen-bond acceptors (Lipinski definition) is 4. The number of hydrogen-bond donors (Lipinski definition) is 2. The van der Waals surface area contributed by atoms with Gasteiger partial charge in [-0.2, -0.15) is 0 Å². The number of aliphatic carboxylic acids is 1. The van der Waals surface area contributed by atoms with Crippen LogP contribution in [0.3, 0.4) is 0 Å². The van der Waals surface area contributed by atoms with Gasteiger partial charge in [0, 0.05) is 12.6 Å². The van der Waals surface area contributed by atoms with Crippen LogP contribution in [0.25, 0.3) is 0 Å². The van der Waals surface area contributed by atoms with Crippen molar-refractivity contribution >= 4 is 34.6 Å². The lowest BCUT2D eigenvalue weighted by molar-refractivity contribution is -0.137.